The molecule has 27 heteroatoms. The molecule has 4 aliphatic rings. The summed E-state index contributed by atoms with van der Waals surface area (Å²) in [6.45, 7) is -1.79. The van der Waals surface area contributed by atoms with Crippen LogP contribution in [0.2, 0.25) is 0 Å². The molecule has 19 atom stereocenters. The average Bonchev–Trinajstić information content (AvgIpc) is 3.60. The lowest BCUT2D eigenvalue weighted by molar-refractivity contribution is -0.334. The van der Waals surface area contributed by atoms with Gasteiger partial charge in [-0.2, -0.15) is 0 Å². The van der Waals surface area contributed by atoms with Crippen LogP contribution < -0.4 is 5.73 Å². The minimum absolute atomic E-state index is 0.0675. The number of ether oxygens (including phenoxy) is 8. The van der Waals surface area contributed by atoms with Crippen LogP contribution in [-0.2, 0) is 51.1 Å². The van der Waals surface area contributed by atoms with Gasteiger partial charge in [0.15, 0.2) is 25.0 Å². The van der Waals surface area contributed by atoms with Crippen molar-refractivity contribution in [1.82, 2.24) is 0 Å². The first-order valence-corrected chi connectivity index (χ1v) is 20.1. The number of hydrogen-bond acceptors (Lipinski definition) is 18. The number of hydrogen-bond donors (Lipinski definition) is 6. The number of benzene rings is 2. The third-order valence-electron chi connectivity index (χ3n) is 11.2. The number of azide groups is 4. The number of rotatable bonds is 19. The molecule has 64 heavy (non-hydrogen) atoms. The van der Waals surface area contributed by atoms with E-state index in [0.29, 0.717) is 11.1 Å². The Labute approximate surface area is 363 Å². The largest absolute Gasteiger partial charge is 0.394 e. The Balaban J connectivity index is 1.31. The molecule has 4 fully saturated rings. The van der Waals surface area contributed by atoms with Crippen LogP contribution in [0.25, 0.3) is 41.8 Å². The van der Waals surface area contributed by atoms with Crippen molar-refractivity contribution in [2.45, 2.75) is 136 Å². The highest BCUT2D eigenvalue weighted by Crippen LogP contribution is 2.39. The van der Waals surface area contributed by atoms with Crippen LogP contribution in [0.15, 0.2) is 81.1 Å². The molecule has 7 N–H and O–H groups in total. The van der Waals surface area contributed by atoms with E-state index in [9.17, 15) is 42.1 Å². The molecule has 3 saturated heterocycles. The van der Waals surface area contributed by atoms with Crippen molar-refractivity contribution >= 4 is 0 Å². The van der Waals surface area contributed by atoms with Crippen LogP contribution in [-0.4, -0.2) is 162 Å². The predicted octanol–water partition coefficient (Wildman–Crippen LogP) is 1.97. The van der Waals surface area contributed by atoms with Gasteiger partial charge in [0.25, 0.3) is 0 Å². The zero-order valence-corrected chi connectivity index (χ0v) is 33.8. The minimum atomic E-state index is -2.04. The number of aliphatic hydroxyl groups is 5. The summed E-state index contributed by atoms with van der Waals surface area (Å²) in [6, 6.07) is 13.3. The molecule has 0 spiro atoms. The zero-order chi connectivity index (χ0) is 45.8. The van der Waals surface area contributed by atoms with Gasteiger partial charge in [0, 0.05) is 26.2 Å². The van der Waals surface area contributed by atoms with Gasteiger partial charge in [0.05, 0.1) is 62.9 Å². The Bertz CT molecular complexity index is 2000. The first kappa shape index (κ1) is 48.5. The van der Waals surface area contributed by atoms with E-state index in [2.05, 4.69) is 40.1 Å². The lowest BCUT2D eigenvalue weighted by atomic mass is 9.84. The van der Waals surface area contributed by atoms with Gasteiger partial charge in [-0.05, 0) is 39.7 Å². The van der Waals surface area contributed by atoms with Crippen molar-refractivity contribution in [1.29, 1.82) is 0 Å². The number of aliphatic hydroxyl groups excluding tert-OH is 5. The van der Waals surface area contributed by atoms with E-state index in [1.165, 1.54) is 0 Å². The highest BCUT2D eigenvalue weighted by atomic mass is 19.1. The number of nitrogens with zero attached hydrogens (tertiary/aromatic N) is 12. The highest BCUT2D eigenvalue weighted by Gasteiger charge is 2.56. The summed E-state index contributed by atoms with van der Waals surface area (Å²) >= 11 is 0. The smallest absolute Gasteiger partial charge is 0.187 e. The van der Waals surface area contributed by atoms with Crippen LogP contribution in [0.4, 0.5) is 4.39 Å². The van der Waals surface area contributed by atoms with Crippen LogP contribution in [0.1, 0.15) is 17.5 Å². The van der Waals surface area contributed by atoms with Gasteiger partial charge in [0.1, 0.15) is 54.9 Å². The van der Waals surface area contributed by atoms with Gasteiger partial charge in [-0.25, -0.2) is 4.39 Å². The Morgan fingerprint density at radius 1 is 0.609 bits per heavy atom. The van der Waals surface area contributed by atoms with Crippen molar-refractivity contribution in [2.24, 2.45) is 26.2 Å². The zero-order valence-electron chi connectivity index (χ0n) is 33.8. The van der Waals surface area contributed by atoms with Crippen LogP contribution in [0, 0.1) is 0 Å². The molecule has 1 saturated carbocycles. The first-order valence-electron chi connectivity index (χ1n) is 20.1. The van der Waals surface area contributed by atoms with E-state index in [-0.39, 0.29) is 26.2 Å². The third-order valence-corrected chi connectivity index (χ3v) is 11.2. The maximum atomic E-state index is 17.1. The van der Waals surface area contributed by atoms with Gasteiger partial charge >= 0.3 is 0 Å². The lowest BCUT2D eigenvalue weighted by Gasteiger charge is -2.47. The Morgan fingerprint density at radius 2 is 1.17 bits per heavy atom. The maximum absolute atomic E-state index is 17.1. The fraction of sp³-hybridized carbons (Fsp3) is 0.676. The van der Waals surface area contributed by atoms with Gasteiger partial charge in [0.2, 0.25) is 0 Å². The molecule has 1 aliphatic carbocycles. The van der Waals surface area contributed by atoms with Gasteiger partial charge < -0.3 is 69.2 Å². The topological polar surface area (TPSA) is 396 Å². The third kappa shape index (κ3) is 11.3. The molecule has 0 amide bonds. The van der Waals surface area contributed by atoms with E-state index >= 15 is 4.39 Å². The molecule has 3 aliphatic heterocycles. The normalized spacial score (nSPS) is 38.5. The molecule has 0 bridgehead atoms. The standard InChI is InChI=1S/C37H48FN13O13/c38-24-31(57-15-17-7-3-1-4-8-17)22(13-44-48-40)60-37(33(24)58-16-18-9-5-2-6-10-18)62-30-20(46-50-42)11-19(45-49-41)26(53)34(30)64-36-29(56)32(23(14-52)61-36)63-35-25(47-51-43)28(55)27(54)21(12-39)59-35/h1-10,19-37,52-56H,11-16,39H2/t19?,20?,21-,22+,23+,24-,25?,26-,27+,28+,29+,30+,31+,32+,33+,34+,35+,36-,37+/m0/s1. The summed E-state index contributed by atoms with van der Waals surface area (Å²) in [5, 5.41) is 69.3. The van der Waals surface area contributed by atoms with Crippen molar-refractivity contribution in [3.63, 3.8) is 0 Å². The van der Waals surface area contributed by atoms with Crippen molar-refractivity contribution in [3.8, 4) is 0 Å². The molecule has 346 valence electrons. The van der Waals surface area contributed by atoms with E-state index in [1.807, 2.05) is 0 Å². The molecule has 0 radical (unpaired) electrons. The van der Waals surface area contributed by atoms with Crippen molar-refractivity contribution in [2.75, 3.05) is 19.7 Å². The van der Waals surface area contributed by atoms with Crippen LogP contribution in [0.3, 0.4) is 0 Å². The summed E-state index contributed by atoms with van der Waals surface area (Å²) in [7, 11) is 0. The van der Waals surface area contributed by atoms with E-state index in [0.717, 1.165) is 0 Å². The maximum Gasteiger partial charge on any atom is 0.187 e. The molecule has 0 aromatic heterocycles. The number of nitrogens with two attached hydrogens (primary N) is 1. The minimum Gasteiger partial charge on any atom is -0.394 e. The average molecular weight is 902 g/mol. The lowest BCUT2D eigenvalue weighted by Crippen LogP contribution is -2.63. The highest BCUT2D eigenvalue weighted by molar-refractivity contribution is 5.15. The summed E-state index contributed by atoms with van der Waals surface area (Å²) < 4.78 is 65.6. The quantitative estimate of drug-likeness (QED) is 0.0667. The summed E-state index contributed by atoms with van der Waals surface area (Å²) in [4.78, 5) is 11.2. The molecule has 3 heterocycles. The summed E-state index contributed by atoms with van der Waals surface area (Å²) in [5.74, 6) is 0. The molecule has 2 aromatic carbocycles. The monoisotopic (exact) mass is 901 g/mol. The Kier molecular flexibility index (Phi) is 17.7. The first-order chi connectivity index (χ1) is 31.1. The molecular formula is C37H48FN13O13. The Hall–Kier alpha value is -4.95. The fourth-order valence-electron chi connectivity index (χ4n) is 7.99. The number of halogens is 1. The fourth-order valence-corrected chi connectivity index (χ4v) is 7.99. The van der Waals surface area contributed by atoms with Gasteiger partial charge in [-0.1, -0.05) is 81.1 Å². The van der Waals surface area contributed by atoms with Crippen molar-refractivity contribution in [3.05, 3.63) is 114 Å². The molecular weight excluding hydrogens is 853 g/mol. The second-order valence-electron chi connectivity index (χ2n) is 15.2. The Morgan fingerprint density at radius 3 is 1.77 bits per heavy atom. The van der Waals surface area contributed by atoms with E-state index in [4.69, 9.17) is 49.2 Å². The predicted molar refractivity (Wildman–Crippen MR) is 213 cm³/mol. The molecule has 2 aromatic rings. The SMILES string of the molecule is [N-]=[N+]=NC[C@H]1O[C@H](O[C@@H]2C(N=[N+]=[N-])CC(N=[N+]=[N-])[C@H](O)[C@H]2O[C@@H]2O[C@H](CO)[C@@H](O[C@H]3O[C@@H](CN)[C@@H](O)[C@H](O)C3N=[N+]=[N-])[C@H]2O)[C@H](OCc2ccccc2)[C@@H](F)[C@@H]1OCc1ccccc1. The summed E-state index contributed by atoms with van der Waals surface area (Å²) in [5.41, 5.74) is 44.5. The molecule has 3 unspecified atom stereocenters. The van der Waals surface area contributed by atoms with E-state index in [1.54, 1.807) is 60.7 Å². The second-order valence-corrected chi connectivity index (χ2v) is 15.2. The molecule has 6 rings (SSSR count). The van der Waals surface area contributed by atoms with Gasteiger partial charge in [-0.3, -0.25) is 0 Å². The van der Waals surface area contributed by atoms with Crippen molar-refractivity contribution < 1.29 is 67.8 Å². The second kappa shape index (κ2) is 23.3. The van der Waals surface area contributed by atoms with E-state index < -0.39 is 130 Å². The van der Waals surface area contributed by atoms with Gasteiger partial charge in [-0.15, -0.1) is 0 Å². The summed E-state index contributed by atoms with van der Waals surface area (Å²) in [6.07, 6.45) is -26.5. The molecule has 26 nitrogen and oxygen atoms in total. The van der Waals surface area contributed by atoms with Crippen LogP contribution in [0.5, 0.6) is 0 Å². The number of alkyl halides is 1. The van der Waals surface area contributed by atoms with Crippen LogP contribution >= 0.6 is 0 Å².